The molecule has 0 saturated carbocycles. The number of halogens is 4. The summed E-state index contributed by atoms with van der Waals surface area (Å²) < 4.78 is 40.6. The molecule has 1 atom stereocenters. The van der Waals surface area contributed by atoms with Crippen molar-refractivity contribution in [2.24, 2.45) is 0 Å². The molecule has 2 fully saturated rings. The summed E-state index contributed by atoms with van der Waals surface area (Å²) in [6, 6.07) is 14.0. The molecule has 0 aromatic heterocycles. The molecule has 2 aliphatic heterocycles. The maximum absolute atomic E-state index is 12.8. The maximum Gasteiger partial charge on any atom is 0.446 e. The summed E-state index contributed by atoms with van der Waals surface area (Å²) in [4.78, 5) is 4.61. The predicted molar refractivity (Wildman–Crippen MR) is 168 cm³/mol. The first kappa shape index (κ1) is 33.1. The van der Waals surface area contributed by atoms with Crippen LogP contribution in [0.4, 0.5) is 24.5 Å². The molecule has 0 aliphatic carbocycles. The smallest absolute Gasteiger partial charge is 0.382 e. The van der Waals surface area contributed by atoms with Crippen LogP contribution in [0.3, 0.4) is 0 Å². The summed E-state index contributed by atoms with van der Waals surface area (Å²) in [7, 11) is 0. The quantitative estimate of drug-likeness (QED) is 0.161. The Kier molecular flexibility index (Phi) is 11.3. The van der Waals surface area contributed by atoms with E-state index in [4.69, 9.17) is 11.6 Å². The Morgan fingerprint density at radius 3 is 2.26 bits per heavy atom. The van der Waals surface area contributed by atoms with Crippen molar-refractivity contribution in [3.05, 3.63) is 53.1 Å². The fourth-order valence-corrected chi connectivity index (χ4v) is 6.71. The Hall–Kier alpha value is -1.78. The minimum Gasteiger partial charge on any atom is -0.382 e. The summed E-state index contributed by atoms with van der Waals surface area (Å²) in [5.74, 6) is 0. The van der Waals surface area contributed by atoms with Gasteiger partial charge in [-0.2, -0.15) is 13.2 Å². The maximum atomic E-state index is 12.8. The van der Waals surface area contributed by atoms with Gasteiger partial charge in [0.05, 0.1) is 5.02 Å². The molecule has 0 amide bonds. The SMILES string of the molecule is C=[N+](c1ccc(C(C)(C)C)cc1)C1CCN(CCCC(O)N2CCC(Nc3ccc(Cl)c(SC(F)(F)F)c3)CC2)CC1. The number of anilines is 1. The minimum atomic E-state index is -4.38. The Balaban J connectivity index is 1.13. The number of aliphatic hydroxyl groups excluding tert-OH is 1. The number of hydrogen-bond acceptors (Lipinski definition) is 5. The van der Waals surface area contributed by atoms with Gasteiger partial charge in [0.15, 0.2) is 6.04 Å². The van der Waals surface area contributed by atoms with E-state index >= 15 is 0 Å². The molecule has 1 unspecified atom stereocenters. The van der Waals surface area contributed by atoms with Gasteiger partial charge in [-0.3, -0.25) is 4.90 Å². The molecule has 2 N–H and O–H groups in total. The molecule has 10 heteroatoms. The number of hydrogen-bond donors (Lipinski definition) is 2. The van der Waals surface area contributed by atoms with Gasteiger partial charge >= 0.3 is 5.51 Å². The van der Waals surface area contributed by atoms with Crippen LogP contribution >= 0.6 is 23.4 Å². The zero-order chi connectivity index (χ0) is 30.5. The molecule has 0 radical (unpaired) electrons. The first-order valence-corrected chi connectivity index (χ1v) is 16.1. The molecule has 0 spiro atoms. The van der Waals surface area contributed by atoms with Gasteiger partial charge in [-0.1, -0.05) is 44.5 Å². The van der Waals surface area contributed by atoms with Crippen molar-refractivity contribution in [1.29, 1.82) is 0 Å². The van der Waals surface area contributed by atoms with Crippen molar-refractivity contribution in [3.8, 4) is 0 Å². The van der Waals surface area contributed by atoms with Crippen molar-refractivity contribution in [2.75, 3.05) is 38.0 Å². The van der Waals surface area contributed by atoms with E-state index in [9.17, 15) is 18.3 Å². The number of rotatable bonds is 10. The van der Waals surface area contributed by atoms with Crippen molar-refractivity contribution in [1.82, 2.24) is 9.80 Å². The summed E-state index contributed by atoms with van der Waals surface area (Å²) in [6.45, 7) is 15.6. The third kappa shape index (κ3) is 9.61. The van der Waals surface area contributed by atoms with Crippen LogP contribution in [0.5, 0.6) is 0 Å². The molecular formula is C32H45ClF3N4OS+. The van der Waals surface area contributed by atoms with Gasteiger partial charge in [-0.05, 0) is 73.2 Å². The first-order valence-electron chi connectivity index (χ1n) is 14.9. The number of alkyl halides is 3. The van der Waals surface area contributed by atoms with Gasteiger partial charge < -0.3 is 15.3 Å². The number of likely N-dealkylation sites (tertiary alicyclic amines) is 2. The van der Waals surface area contributed by atoms with Crippen LogP contribution in [0.25, 0.3) is 0 Å². The van der Waals surface area contributed by atoms with Gasteiger partial charge in [-0.25, -0.2) is 4.58 Å². The fourth-order valence-electron chi connectivity index (χ4n) is 5.87. The number of piperidine rings is 2. The van der Waals surface area contributed by atoms with E-state index in [0.717, 1.165) is 71.2 Å². The van der Waals surface area contributed by atoms with Crippen LogP contribution < -0.4 is 5.32 Å². The predicted octanol–water partition coefficient (Wildman–Crippen LogP) is 7.73. The van der Waals surface area contributed by atoms with Gasteiger partial charge in [0.25, 0.3) is 0 Å². The standard InChI is InChI=1S/C32H45ClF3N4OS/c1-31(2,3)23-7-10-26(11-8-23)38(4)27-15-18-39(19-16-27)17-5-6-30(41)40-20-13-24(14-21-40)37-25-9-12-28(33)29(22-25)42-32(34,35)36/h7-12,22,24,27,30,37,41H,4-6,13-21H2,1-3H3/q+1. The summed E-state index contributed by atoms with van der Waals surface area (Å²) >= 11 is 5.76. The monoisotopic (exact) mass is 625 g/mol. The van der Waals surface area contributed by atoms with Gasteiger partial charge in [-0.15, -0.1) is 0 Å². The van der Waals surface area contributed by atoms with Crippen LogP contribution in [0.2, 0.25) is 5.02 Å². The second-order valence-corrected chi connectivity index (χ2v) is 14.1. The van der Waals surface area contributed by atoms with Crippen molar-refractivity contribution < 1.29 is 22.9 Å². The highest BCUT2D eigenvalue weighted by Crippen LogP contribution is 2.41. The van der Waals surface area contributed by atoms with Crippen LogP contribution in [0, 0.1) is 0 Å². The van der Waals surface area contributed by atoms with Gasteiger partial charge in [0.1, 0.15) is 12.9 Å². The largest absolute Gasteiger partial charge is 0.446 e. The third-order valence-corrected chi connectivity index (χ3v) is 9.71. The van der Waals surface area contributed by atoms with Gasteiger partial charge in [0.2, 0.25) is 5.69 Å². The summed E-state index contributed by atoms with van der Waals surface area (Å²) in [6.07, 6.45) is 4.99. The van der Waals surface area contributed by atoms with E-state index in [0.29, 0.717) is 11.7 Å². The molecular weight excluding hydrogens is 581 g/mol. The van der Waals surface area contributed by atoms with E-state index in [2.05, 4.69) is 71.4 Å². The van der Waals surface area contributed by atoms with Gasteiger partial charge in [0, 0.05) is 67.8 Å². The summed E-state index contributed by atoms with van der Waals surface area (Å²) in [5, 5.41) is 14.3. The Morgan fingerprint density at radius 2 is 1.67 bits per heavy atom. The molecule has 2 heterocycles. The second-order valence-electron chi connectivity index (χ2n) is 12.6. The van der Waals surface area contributed by atoms with E-state index in [-0.39, 0.29) is 33.1 Å². The molecule has 2 aliphatic rings. The molecule has 2 saturated heterocycles. The Morgan fingerprint density at radius 1 is 1.02 bits per heavy atom. The molecule has 42 heavy (non-hydrogen) atoms. The van der Waals surface area contributed by atoms with E-state index in [1.807, 2.05) is 0 Å². The normalized spacial score (nSPS) is 19.1. The summed E-state index contributed by atoms with van der Waals surface area (Å²) in [5.41, 5.74) is -1.11. The first-order chi connectivity index (χ1) is 19.8. The number of nitrogens with one attached hydrogen (secondary N) is 1. The van der Waals surface area contributed by atoms with Crippen LogP contribution in [0.15, 0.2) is 47.4 Å². The Labute approximate surface area is 258 Å². The highest BCUT2D eigenvalue weighted by atomic mass is 35.5. The van der Waals surface area contributed by atoms with Crippen LogP contribution in [0.1, 0.15) is 64.9 Å². The topological polar surface area (TPSA) is 41.8 Å². The van der Waals surface area contributed by atoms with Crippen LogP contribution in [-0.4, -0.2) is 82.7 Å². The average Bonchev–Trinajstić information content (AvgIpc) is 2.94. The number of nitrogens with zero attached hydrogens (tertiary/aromatic N) is 3. The van der Waals surface area contributed by atoms with Crippen LogP contribution in [-0.2, 0) is 5.41 Å². The Bertz CT molecular complexity index is 1170. The lowest BCUT2D eigenvalue weighted by molar-refractivity contribution is -0.482. The average molecular weight is 626 g/mol. The fraction of sp³-hybridized carbons (Fsp3) is 0.594. The minimum absolute atomic E-state index is 0.000775. The molecule has 232 valence electrons. The highest BCUT2D eigenvalue weighted by Gasteiger charge is 2.31. The zero-order valence-corrected chi connectivity index (χ0v) is 26.5. The van der Waals surface area contributed by atoms with Crippen molar-refractivity contribution in [3.63, 3.8) is 0 Å². The lowest BCUT2D eigenvalue weighted by Crippen LogP contribution is -2.45. The molecule has 0 bridgehead atoms. The number of benzene rings is 2. The van der Waals surface area contributed by atoms with E-state index in [1.54, 1.807) is 6.07 Å². The lowest BCUT2D eigenvalue weighted by Gasteiger charge is -2.36. The lowest BCUT2D eigenvalue weighted by atomic mass is 9.87. The number of aliphatic hydroxyl groups is 1. The zero-order valence-electron chi connectivity index (χ0n) is 25.0. The van der Waals surface area contributed by atoms with E-state index < -0.39 is 11.7 Å². The molecule has 2 aromatic rings. The second kappa shape index (κ2) is 14.3. The van der Waals surface area contributed by atoms with Crippen molar-refractivity contribution >= 4 is 41.5 Å². The third-order valence-electron chi connectivity index (χ3n) is 8.48. The molecule has 4 rings (SSSR count). The molecule has 5 nitrogen and oxygen atoms in total. The highest BCUT2D eigenvalue weighted by molar-refractivity contribution is 8.00. The van der Waals surface area contributed by atoms with E-state index in [1.165, 1.54) is 23.4 Å². The van der Waals surface area contributed by atoms with Crippen molar-refractivity contribution in [2.45, 2.75) is 93.4 Å². The number of thioether (sulfide) groups is 1. The molecule has 2 aromatic carbocycles.